The van der Waals surface area contributed by atoms with Crippen LogP contribution in [-0.2, 0) is 4.74 Å². The van der Waals surface area contributed by atoms with Crippen LogP contribution >= 0.6 is 0 Å². The van der Waals surface area contributed by atoms with Gasteiger partial charge in [-0.25, -0.2) is 0 Å². The van der Waals surface area contributed by atoms with Gasteiger partial charge in [0.1, 0.15) is 5.75 Å². The van der Waals surface area contributed by atoms with Crippen molar-refractivity contribution in [1.29, 1.82) is 0 Å². The number of rotatable bonds is 4. The van der Waals surface area contributed by atoms with Crippen molar-refractivity contribution in [2.45, 2.75) is 51.9 Å². The van der Waals surface area contributed by atoms with Gasteiger partial charge in [0, 0.05) is 30.1 Å². The van der Waals surface area contributed by atoms with Crippen molar-refractivity contribution in [2.75, 3.05) is 17.7 Å². The fourth-order valence-corrected chi connectivity index (χ4v) is 2.36. The Hall–Kier alpha value is -1.42. The lowest BCUT2D eigenvalue weighted by Gasteiger charge is -2.30. The average molecular weight is 264 g/mol. The van der Waals surface area contributed by atoms with Crippen molar-refractivity contribution in [3.8, 4) is 5.75 Å². The van der Waals surface area contributed by atoms with E-state index in [0.29, 0.717) is 5.69 Å². The van der Waals surface area contributed by atoms with E-state index in [1.54, 1.807) is 0 Å². The first-order valence-electron chi connectivity index (χ1n) is 6.86. The summed E-state index contributed by atoms with van der Waals surface area (Å²) >= 11 is 0. The molecule has 1 fully saturated rings. The molecule has 1 aliphatic heterocycles. The van der Waals surface area contributed by atoms with Crippen molar-refractivity contribution < 1.29 is 9.47 Å². The maximum Gasteiger partial charge on any atom is 0.123 e. The van der Waals surface area contributed by atoms with Crippen LogP contribution in [0.4, 0.5) is 11.4 Å². The highest BCUT2D eigenvalue weighted by Crippen LogP contribution is 2.32. The van der Waals surface area contributed by atoms with E-state index >= 15 is 0 Å². The highest BCUT2D eigenvalue weighted by Gasteiger charge is 2.36. The monoisotopic (exact) mass is 264 g/mol. The molecule has 0 aliphatic carbocycles. The van der Waals surface area contributed by atoms with Crippen molar-refractivity contribution >= 4 is 11.4 Å². The SMILES string of the molecule is CC(C)Oc1cc(N)cc(NC2(C)CCOC2C)c1. The maximum atomic E-state index is 5.94. The Labute approximate surface area is 115 Å². The van der Waals surface area contributed by atoms with E-state index in [4.69, 9.17) is 15.2 Å². The summed E-state index contributed by atoms with van der Waals surface area (Å²) in [6.45, 7) is 9.08. The molecule has 0 amide bonds. The van der Waals surface area contributed by atoms with Crippen LogP contribution < -0.4 is 15.8 Å². The number of ether oxygens (including phenoxy) is 2. The summed E-state index contributed by atoms with van der Waals surface area (Å²) in [5.41, 5.74) is 7.57. The molecule has 1 aromatic carbocycles. The lowest BCUT2D eigenvalue weighted by molar-refractivity contribution is 0.105. The Morgan fingerprint density at radius 3 is 2.74 bits per heavy atom. The highest BCUT2D eigenvalue weighted by molar-refractivity contribution is 5.60. The van der Waals surface area contributed by atoms with Gasteiger partial charge in [-0.3, -0.25) is 0 Å². The summed E-state index contributed by atoms with van der Waals surface area (Å²) in [4.78, 5) is 0. The average Bonchev–Trinajstić information content (AvgIpc) is 2.56. The number of nitrogens with one attached hydrogen (secondary N) is 1. The quantitative estimate of drug-likeness (QED) is 0.821. The van der Waals surface area contributed by atoms with Crippen LogP contribution in [-0.4, -0.2) is 24.4 Å². The summed E-state index contributed by atoms with van der Waals surface area (Å²) in [6, 6.07) is 5.78. The second-order valence-electron chi connectivity index (χ2n) is 5.76. The number of nitrogen functional groups attached to an aromatic ring is 1. The van der Waals surface area contributed by atoms with Crippen molar-refractivity contribution in [2.24, 2.45) is 0 Å². The lowest BCUT2D eigenvalue weighted by Crippen LogP contribution is -2.41. The molecule has 1 aliphatic rings. The zero-order valence-electron chi connectivity index (χ0n) is 12.2. The third-order valence-electron chi connectivity index (χ3n) is 3.62. The molecule has 4 heteroatoms. The predicted molar refractivity (Wildman–Crippen MR) is 78.7 cm³/mol. The second-order valence-corrected chi connectivity index (χ2v) is 5.76. The van der Waals surface area contributed by atoms with Crippen LogP contribution in [0.2, 0.25) is 0 Å². The summed E-state index contributed by atoms with van der Waals surface area (Å²) < 4.78 is 11.3. The molecule has 0 bridgehead atoms. The Morgan fingerprint density at radius 1 is 1.42 bits per heavy atom. The molecule has 3 N–H and O–H groups in total. The van der Waals surface area contributed by atoms with Crippen LogP contribution in [0, 0.1) is 0 Å². The molecule has 1 aromatic rings. The molecule has 0 aromatic heterocycles. The first-order valence-corrected chi connectivity index (χ1v) is 6.86. The zero-order chi connectivity index (χ0) is 14.0. The van der Waals surface area contributed by atoms with E-state index in [0.717, 1.165) is 24.5 Å². The van der Waals surface area contributed by atoms with Gasteiger partial charge in [-0.2, -0.15) is 0 Å². The van der Waals surface area contributed by atoms with E-state index in [9.17, 15) is 0 Å². The van der Waals surface area contributed by atoms with Crippen molar-refractivity contribution in [1.82, 2.24) is 0 Å². The summed E-state index contributed by atoms with van der Waals surface area (Å²) in [7, 11) is 0. The van der Waals surface area contributed by atoms with Crippen molar-refractivity contribution in [3.05, 3.63) is 18.2 Å². The van der Waals surface area contributed by atoms with Crippen LogP contribution in [0.25, 0.3) is 0 Å². The number of nitrogens with two attached hydrogens (primary N) is 1. The minimum absolute atomic E-state index is 0.0527. The van der Waals surface area contributed by atoms with Gasteiger partial charge >= 0.3 is 0 Å². The van der Waals surface area contributed by atoms with Gasteiger partial charge in [0.05, 0.1) is 17.7 Å². The number of benzene rings is 1. The third-order valence-corrected chi connectivity index (χ3v) is 3.62. The first kappa shape index (κ1) is 14.0. The minimum Gasteiger partial charge on any atom is -0.491 e. The van der Waals surface area contributed by atoms with Gasteiger partial charge in [-0.1, -0.05) is 0 Å². The fourth-order valence-electron chi connectivity index (χ4n) is 2.36. The van der Waals surface area contributed by atoms with E-state index in [2.05, 4.69) is 19.2 Å². The molecule has 2 unspecified atom stereocenters. The Bertz CT molecular complexity index is 448. The van der Waals surface area contributed by atoms with Gasteiger partial charge in [0.2, 0.25) is 0 Å². The Kier molecular flexibility index (Phi) is 3.90. The molecule has 2 rings (SSSR count). The fraction of sp³-hybridized carbons (Fsp3) is 0.600. The summed E-state index contributed by atoms with van der Waals surface area (Å²) in [5, 5.41) is 3.54. The van der Waals surface area contributed by atoms with Crippen LogP contribution in [0.3, 0.4) is 0 Å². The Morgan fingerprint density at radius 2 is 2.16 bits per heavy atom. The number of hydrogen-bond acceptors (Lipinski definition) is 4. The van der Waals surface area contributed by atoms with Gasteiger partial charge in [-0.05, 0) is 40.2 Å². The summed E-state index contributed by atoms with van der Waals surface area (Å²) in [6.07, 6.45) is 1.31. The molecule has 106 valence electrons. The Balaban J connectivity index is 2.18. The summed E-state index contributed by atoms with van der Waals surface area (Å²) in [5.74, 6) is 0.799. The highest BCUT2D eigenvalue weighted by atomic mass is 16.5. The molecule has 0 radical (unpaired) electrons. The van der Waals surface area contributed by atoms with Gasteiger partial charge in [-0.15, -0.1) is 0 Å². The molecular weight excluding hydrogens is 240 g/mol. The molecule has 1 heterocycles. The largest absolute Gasteiger partial charge is 0.491 e. The lowest BCUT2D eigenvalue weighted by atomic mass is 9.94. The van der Waals surface area contributed by atoms with Crippen LogP contribution in [0.15, 0.2) is 18.2 Å². The van der Waals surface area contributed by atoms with Gasteiger partial charge < -0.3 is 20.5 Å². The number of anilines is 2. The van der Waals surface area contributed by atoms with Gasteiger partial charge in [0.15, 0.2) is 0 Å². The van der Waals surface area contributed by atoms with E-state index in [1.165, 1.54) is 0 Å². The predicted octanol–water partition coefficient (Wildman–Crippen LogP) is 3.04. The van der Waals surface area contributed by atoms with Crippen LogP contribution in [0.1, 0.15) is 34.1 Å². The molecule has 0 saturated carbocycles. The van der Waals surface area contributed by atoms with E-state index < -0.39 is 0 Å². The first-order chi connectivity index (χ1) is 8.89. The molecule has 4 nitrogen and oxygen atoms in total. The maximum absolute atomic E-state index is 5.94. The minimum atomic E-state index is -0.0527. The van der Waals surface area contributed by atoms with Gasteiger partial charge in [0.25, 0.3) is 0 Å². The second kappa shape index (κ2) is 5.29. The standard InChI is InChI=1S/C15H24N2O2/c1-10(2)19-14-8-12(16)7-13(9-14)17-15(4)5-6-18-11(15)3/h7-11,17H,5-6,16H2,1-4H3. The normalized spacial score (nSPS) is 26.7. The molecule has 1 saturated heterocycles. The zero-order valence-corrected chi connectivity index (χ0v) is 12.2. The molecule has 0 spiro atoms. The van der Waals surface area contributed by atoms with E-state index in [-0.39, 0.29) is 17.7 Å². The smallest absolute Gasteiger partial charge is 0.123 e. The van der Waals surface area contributed by atoms with E-state index in [1.807, 2.05) is 32.0 Å². The van der Waals surface area contributed by atoms with Crippen molar-refractivity contribution in [3.63, 3.8) is 0 Å². The molecule has 19 heavy (non-hydrogen) atoms. The number of hydrogen-bond donors (Lipinski definition) is 2. The molecule has 2 atom stereocenters. The third kappa shape index (κ3) is 3.32. The topological polar surface area (TPSA) is 56.5 Å². The van der Waals surface area contributed by atoms with Crippen LogP contribution in [0.5, 0.6) is 5.75 Å². The molecular formula is C15H24N2O2.